The third-order valence-corrected chi connectivity index (χ3v) is 4.32. The molecule has 0 atom stereocenters. The number of carbonyl (C=O) groups is 1. The van der Waals surface area contributed by atoms with Crippen LogP contribution < -0.4 is 15.7 Å². The van der Waals surface area contributed by atoms with Crippen LogP contribution in [0.1, 0.15) is 13.3 Å². The molecule has 1 N–H and O–H groups in total. The van der Waals surface area contributed by atoms with Gasteiger partial charge >= 0.3 is 5.63 Å². The van der Waals surface area contributed by atoms with Crippen molar-refractivity contribution in [1.82, 2.24) is 9.55 Å². The van der Waals surface area contributed by atoms with E-state index in [1.807, 2.05) is 28.8 Å². The first kappa shape index (κ1) is 17.8. The fraction of sp³-hybridized carbons (Fsp3) is 0.190. The molecule has 1 amide bonds. The van der Waals surface area contributed by atoms with Gasteiger partial charge in [-0.15, -0.1) is 0 Å². The van der Waals surface area contributed by atoms with Crippen LogP contribution in [-0.4, -0.2) is 22.1 Å². The van der Waals surface area contributed by atoms with Gasteiger partial charge in [-0.3, -0.25) is 10.1 Å². The van der Waals surface area contributed by atoms with Crippen molar-refractivity contribution in [2.45, 2.75) is 19.9 Å². The number of fused-ring (bicyclic) bond motifs is 2. The van der Waals surface area contributed by atoms with E-state index in [9.17, 15) is 9.59 Å². The molecule has 7 heteroatoms. The van der Waals surface area contributed by atoms with Crippen LogP contribution in [-0.2, 0) is 11.3 Å². The predicted molar refractivity (Wildman–Crippen MR) is 107 cm³/mol. The first-order valence-electron chi connectivity index (χ1n) is 9.06. The zero-order valence-corrected chi connectivity index (χ0v) is 15.3. The van der Waals surface area contributed by atoms with Crippen LogP contribution in [0.25, 0.3) is 22.0 Å². The second kappa shape index (κ2) is 7.56. The quantitative estimate of drug-likeness (QED) is 0.519. The number of hydrogen-bond donors (Lipinski definition) is 1. The molecule has 142 valence electrons. The molecule has 2 aromatic carbocycles. The number of anilines is 1. The number of para-hydroxylation sites is 2. The van der Waals surface area contributed by atoms with Crippen LogP contribution >= 0.6 is 0 Å². The van der Waals surface area contributed by atoms with Crippen molar-refractivity contribution in [2.75, 3.05) is 11.9 Å². The van der Waals surface area contributed by atoms with Crippen molar-refractivity contribution in [3.63, 3.8) is 0 Å². The van der Waals surface area contributed by atoms with Crippen LogP contribution in [0.4, 0.5) is 5.95 Å². The Hall–Kier alpha value is -3.61. The van der Waals surface area contributed by atoms with Crippen LogP contribution in [0.3, 0.4) is 0 Å². The monoisotopic (exact) mass is 377 g/mol. The molecule has 7 nitrogen and oxygen atoms in total. The van der Waals surface area contributed by atoms with E-state index >= 15 is 0 Å². The number of ether oxygens (including phenoxy) is 1. The third kappa shape index (κ3) is 3.59. The number of hydrogen-bond acceptors (Lipinski definition) is 5. The molecule has 0 radical (unpaired) electrons. The Balaban J connectivity index is 1.48. The van der Waals surface area contributed by atoms with E-state index in [2.05, 4.69) is 17.2 Å². The van der Waals surface area contributed by atoms with E-state index in [0.717, 1.165) is 29.4 Å². The second-order valence-electron chi connectivity index (χ2n) is 6.37. The van der Waals surface area contributed by atoms with Crippen LogP contribution in [0.5, 0.6) is 5.75 Å². The Kier molecular flexibility index (Phi) is 4.80. The lowest BCUT2D eigenvalue weighted by Crippen LogP contribution is -2.22. The van der Waals surface area contributed by atoms with Gasteiger partial charge in [-0.2, -0.15) is 0 Å². The average Bonchev–Trinajstić information content (AvgIpc) is 3.03. The third-order valence-electron chi connectivity index (χ3n) is 4.32. The first-order chi connectivity index (χ1) is 13.6. The highest BCUT2D eigenvalue weighted by Crippen LogP contribution is 2.21. The minimum absolute atomic E-state index is 0.183. The van der Waals surface area contributed by atoms with Crippen molar-refractivity contribution in [3.8, 4) is 5.75 Å². The molecule has 0 spiro atoms. The van der Waals surface area contributed by atoms with Gasteiger partial charge in [-0.1, -0.05) is 19.1 Å². The van der Waals surface area contributed by atoms with Crippen LogP contribution in [0, 0.1) is 0 Å². The summed E-state index contributed by atoms with van der Waals surface area (Å²) in [6, 6.07) is 15.9. The maximum atomic E-state index is 12.4. The molecule has 28 heavy (non-hydrogen) atoms. The smallest absolute Gasteiger partial charge is 0.336 e. The van der Waals surface area contributed by atoms with E-state index in [-0.39, 0.29) is 12.5 Å². The molecule has 4 aromatic rings. The van der Waals surface area contributed by atoms with Crippen LogP contribution in [0.2, 0.25) is 0 Å². The van der Waals surface area contributed by atoms with Gasteiger partial charge in [-0.25, -0.2) is 9.78 Å². The molecule has 0 aliphatic carbocycles. The van der Waals surface area contributed by atoms with E-state index in [4.69, 9.17) is 9.15 Å². The summed E-state index contributed by atoms with van der Waals surface area (Å²) in [5, 5.41) is 3.60. The number of rotatable bonds is 6. The summed E-state index contributed by atoms with van der Waals surface area (Å²) in [5.74, 6) is 0.627. The fourth-order valence-corrected chi connectivity index (χ4v) is 3.06. The molecule has 2 heterocycles. The number of benzene rings is 2. The lowest BCUT2D eigenvalue weighted by molar-refractivity contribution is -0.118. The van der Waals surface area contributed by atoms with Crippen molar-refractivity contribution >= 4 is 33.9 Å². The molecule has 0 unspecified atom stereocenters. The number of nitrogens with one attached hydrogen (secondary N) is 1. The Morgan fingerprint density at radius 2 is 2.00 bits per heavy atom. The molecule has 0 aliphatic heterocycles. The molecular weight excluding hydrogens is 358 g/mol. The highest BCUT2D eigenvalue weighted by atomic mass is 16.5. The van der Waals surface area contributed by atoms with Gasteiger partial charge in [0, 0.05) is 24.1 Å². The largest absolute Gasteiger partial charge is 0.484 e. The van der Waals surface area contributed by atoms with Gasteiger partial charge in [0.1, 0.15) is 11.3 Å². The molecule has 0 aliphatic rings. The van der Waals surface area contributed by atoms with Crippen molar-refractivity contribution in [1.29, 1.82) is 0 Å². The zero-order chi connectivity index (χ0) is 19.5. The highest BCUT2D eigenvalue weighted by Gasteiger charge is 2.13. The van der Waals surface area contributed by atoms with E-state index in [0.29, 0.717) is 17.3 Å². The second-order valence-corrected chi connectivity index (χ2v) is 6.37. The van der Waals surface area contributed by atoms with E-state index in [1.165, 1.54) is 6.07 Å². The normalized spacial score (nSPS) is 11.0. The van der Waals surface area contributed by atoms with Gasteiger partial charge < -0.3 is 13.7 Å². The Morgan fingerprint density at radius 3 is 2.86 bits per heavy atom. The Morgan fingerprint density at radius 1 is 1.18 bits per heavy atom. The summed E-state index contributed by atoms with van der Waals surface area (Å²) in [7, 11) is 0. The van der Waals surface area contributed by atoms with Gasteiger partial charge in [0.25, 0.3) is 5.91 Å². The molecule has 0 saturated carbocycles. The first-order valence-corrected chi connectivity index (χ1v) is 9.06. The summed E-state index contributed by atoms with van der Waals surface area (Å²) in [4.78, 5) is 28.2. The van der Waals surface area contributed by atoms with E-state index in [1.54, 1.807) is 24.3 Å². The maximum Gasteiger partial charge on any atom is 0.336 e. The van der Waals surface area contributed by atoms with Crippen LogP contribution in [0.15, 0.2) is 63.8 Å². The minimum atomic E-state index is -0.433. The standard InChI is InChI=1S/C21H19N3O4/c1-2-11-24-17-6-4-3-5-16(17)22-21(24)23-19(25)13-27-15-9-7-14-8-10-20(26)28-18(14)12-15/h3-10,12H,2,11,13H2,1H3,(H,22,23,25). The Labute approximate surface area is 160 Å². The molecular formula is C21H19N3O4. The van der Waals surface area contributed by atoms with Gasteiger partial charge in [0.15, 0.2) is 6.61 Å². The minimum Gasteiger partial charge on any atom is -0.484 e. The summed E-state index contributed by atoms with van der Waals surface area (Å²) >= 11 is 0. The lowest BCUT2D eigenvalue weighted by Gasteiger charge is -2.10. The number of imidazole rings is 1. The number of aryl methyl sites for hydroxylation is 1. The van der Waals surface area contributed by atoms with E-state index < -0.39 is 5.63 Å². The SMILES string of the molecule is CCCn1c(NC(=O)COc2ccc3ccc(=O)oc3c2)nc2ccccc21. The molecule has 0 fully saturated rings. The Bertz CT molecular complexity index is 1210. The van der Waals surface area contributed by atoms with Crippen molar-refractivity contribution in [3.05, 3.63) is 65.0 Å². The van der Waals surface area contributed by atoms with Gasteiger partial charge in [0.05, 0.1) is 11.0 Å². The summed E-state index contributed by atoms with van der Waals surface area (Å²) in [6.07, 6.45) is 0.919. The number of aromatic nitrogens is 2. The number of amides is 1. The molecule has 2 aromatic heterocycles. The number of nitrogens with zero attached hydrogens (tertiary/aromatic N) is 2. The van der Waals surface area contributed by atoms with Gasteiger partial charge in [0.2, 0.25) is 5.95 Å². The molecule has 4 rings (SSSR count). The lowest BCUT2D eigenvalue weighted by atomic mass is 10.2. The fourth-order valence-electron chi connectivity index (χ4n) is 3.06. The highest BCUT2D eigenvalue weighted by molar-refractivity contribution is 5.92. The average molecular weight is 377 g/mol. The zero-order valence-electron chi connectivity index (χ0n) is 15.3. The topological polar surface area (TPSA) is 86.4 Å². The summed E-state index contributed by atoms with van der Waals surface area (Å²) in [5.41, 5.74) is 1.79. The number of carbonyl (C=O) groups excluding carboxylic acids is 1. The van der Waals surface area contributed by atoms with Crippen molar-refractivity contribution < 1.29 is 13.9 Å². The summed E-state index contributed by atoms with van der Waals surface area (Å²) in [6.45, 7) is 2.64. The van der Waals surface area contributed by atoms with Gasteiger partial charge in [-0.05, 0) is 36.8 Å². The molecule has 0 saturated heterocycles. The summed E-state index contributed by atoms with van der Waals surface area (Å²) < 4.78 is 12.7. The molecule has 0 bridgehead atoms. The predicted octanol–water partition coefficient (Wildman–Crippen LogP) is 3.57. The van der Waals surface area contributed by atoms with Crippen molar-refractivity contribution in [2.24, 2.45) is 0 Å². The maximum absolute atomic E-state index is 12.4.